The zero-order chi connectivity index (χ0) is 9.52. The van der Waals surface area contributed by atoms with Crippen LogP contribution in [0.15, 0.2) is 24.3 Å². The number of carbonyl (C=O) groups is 1. The van der Waals surface area contributed by atoms with Crippen LogP contribution in [0, 0.1) is 3.57 Å². The summed E-state index contributed by atoms with van der Waals surface area (Å²) in [7, 11) is 0. The summed E-state index contributed by atoms with van der Waals surface area (Å²) < 4.78 is 6.58. The summed E-state index contributed by atoms with van der Waals surface area (Å²) in [5.74, 6) is 0.897. The van der Waals surface area contributed by atoms with E-state index in [0.717, 1.165) is 22.0 Å². The molecule has 0 unspecified atom stereocenters. The van der Waals surface area contributed by atoms with Crippen LogP contribution < -0.4 is 4.74 Å². The number of aldehydes is 1. The average Bonchev–Trinajstić information content (AvgIpc) is 2.15. The second-order valence-corrected chi connectivity index (χ2v) is 3.75. The number of carbonyl (C=O) groups excluding carboxylic acids is 1. The third kappa shape index (κ3) is 3.76. The predicted octanol–water partition coefficient (Wildman–Crippen LogP) is 2.65. The molecule has 0 heterocycles. The molecule has 0 N–H and O–H groups in total. The van der Waals surface area contributed by atoms with Crippen molar-refractivity contribution in [2.24, 2.45) is 0 Å². The van der Waals surface area contributed by atoms with Gasteiger partial charge < -0.3 is 9.53 Å². The lowest BCUT2D eigenvalue weighted by Crippen LogP contribution is -1.98. The van der Waals surface area contributed by atoms with E-state index < -0.39 is 0 Å². The molecule has 2 nitrogen and oxygen atoms in total. The van der Waals surface area contributed by atoms with Crippen molar-refractivity contribution in [3.8, 4) is 5.75 Å². The molecule has 1 aromatic rings. The maximum atomic E-state index is 10.0. The van der Waals surface area contributed by atoms with Gasteiger partial charge in [0, 0.05) is 6.42 Å². The normalized spacial score (nSPS) is 9.62. The minimum atomic E-state index is 0.573. The molecule has 0 saturated heterocycles. The summed E-state index contributed by atoms with van der Waals surface area (Å²) in [6.07, 6.45) is 2.28. The van der Waals surface area contributed by atoms with Crippen LogP contribution in [0.4, 0.5) is 0 Å². The Morgan fingerprint density at radius 2 is 2.15 bits per heavy atom. The lowest BCUT2D eigenvalue weighted by Gasteiger charge is -2.05. The highest BCUT2D eigenvalue weighted by Gasteiger charge is 1.97. The molecule has 0 radical (unpaired) electrons. The lowest BCUT2D eigenvalue weighted by molar-refractivity contribution is -0.108. The molecule has 0 aliphatic heterocycles. The quantitative estimate of drug-likeness (QED) is 0.473. The van der Waals surface area contributed by atoms with E-state index in [4.69, 9.17) is 4.74 Å². The molecular formula is C10H11IO2. The second kappa shape index (κ2) is 5.96. The van der Waals surface area contributed by atoms with E-state index in [1.54, 1.807) is 0 Å². The van der Waals surface area contributed by atoms with Gasteiger partial charge in [-0.3, -0.25) is 0 Å². The van der Waals surface area contributed by atoms with Crippen molar-refractivity contribution in [1.29, 1.82) is 0 Å². The van der Waals surface area contributed by atoms with Crippen molar-refractivity contribution in [2.45, 2.75) is 12.8 Å². The highest BCUT2D eigenvalue weighted by Crippen LogP contribution is 2.19. The van der Waals surface area contributed by atoms with Crippen LogP contribution in [0.25, 0.3) is 0 Å². The second-order valence-electron chi connectivity index (χ2n) is 2.59. The molecule has 0 aliphatic rings. The number of ether oxygens (including phenoxy) is 1. The van der Waals surface area contributed by atoms with E-state index in [9.17, 15) is 4.79 Å². The molecule has 0 aliphatic carbocycles. The zero-order valence-corrected chi connectivity index (χ0v) is 9.36. The molecule has 0 spiro atoms. The standard InChI is InChI=1S/C10H11IO2/c11-9-5-1-2-6-10(9)13-8-4-3-7-12/h1-2,5-7H,3-4,8H2. The van der Waals surface area contributed by atoms with Gasteiger partial charge in [-0.1, -0.05) is 12.1 Å². The van der Waals surface area contributed by atoms with Crippen LogP contribution in [0.2, 0.25) is 0 Å². The third-order valence-electron chi connectivity index (χ3n) is 1.56. The summed E-state index contributed by atoms with van der Waals surface area (Å²) >= 11 is 2.23. The number of halogens is 1. The summed E-state index contributed by atoms with van der Waals surface area (Å²) in [5, 5.41) is 0. The van der Waals surface area contributed by atoms with E-state index in [1.165, 1.54) is 0 Å². The van der Waals surface area contributed by atoms with Gasteiger partial charge in [0.1, 0.15) is 12.0 Å². The Morgan fingerprint density at radius 1 is 1.38 bits per heavy atom. The summed E-state index contributed by atoms with van der Waals surface area (Å²) in [6, 6.07) is 7.84. The van der Waals surface area contributed by atoms with Crippen LogP contribution in [0.5, 0.6) is 5.75 Å². The minimum Gasteiger partial charge on any atom is -0.492 e. The number of rotatable bonds is 5. The average molecular weight is 290 g/mol. The molecule has 1 aromatic carbocycles. The summed E-state index contributed by atoms with van der Waals surface area (Å²) in [4.78, 5) is 10.0. The van der Waals surface area contributed by atoms with Gasteiger partial charge in [0.25, 0.3) is 0 Å². The first-order valence-electron chi connectivity index (χ1n) is 4.15. The van der Waals surface area contributed by atoms with Crippen LogP contribution >= 0.6 is 22.6 Å². The fourth-order valence-electron chi connectivity index (χ4n) is 0.911. The molecule has 0 saturated carbocycles. The Bertz CT molecular complexity index is 273. The van der Waals surface area contributed by atoms with E-state index in [1.807, 2.05) is 24.3 Å². The summed E-state index contributed by atoms with van der Waals surface area (Å²) in [6.45, 7) is 0.610. The fourth-order valence-corrected chi connectivity index (χ4v) is 1.45. The Hall–Kier alpha value is -0.580. The molecule has 0 aromatic heterocycles. The van der Waals surface area contributed by atoms with Gasteiger partial charge in [0.15, 0.2) is 0 Å². The first-order valence-corrected chi connectivity index (χ1v) is 5.23. The molecule has 3 heteroatoms. The number of hydrogen-bond acceptors (Lipinski definition) is 2. The maximum absolute atomic E-state index is 10.0. The van der Waals surface area contributed by atoms with Gasteiger partial charge in [-0.15, -0.1) is 0 Å². The third-order valence-corrected chi connectivity index (χ3v) is 2.45. The van der Waals surface area contributed by atoms with E-state index in [2.05, 4.69) is 22.6 Å². The highest BCUT2D eigenvalue weighted by atomic mass is 127. The van der Waals surface area contributed by atoms with E-state index in [0.29, 0.717) is 13.0 Å². The molecule has 0 bridgehead atoms. The summed E-state index contributed by atoms with van der Waals surface area (Å²) in [5.41, 5.74) is 0. The molecular weight excluding hydrogens is 279 g/mol. The minimum absolute atomic E-state index is 0.573. The molecule has 0 atom stereocenters. The first kappa shape index (κ1) is 10.5. The molecule has 0 amide bonds. The Kier molecular flexibility index (Phi) is 4.82. The van der Waals surface area contributed by atoms with Gasteiger partial charge in [-0.05, 0) is 41.1 Å². The van der Waals surface area contributed by atoms with Gasteiger partial charge in [0.2, 0.25) is 0 Å². The van der Waals surface area contributed by atoms with Gasteiger partial charge in [0.05, 0.1) is 10.2 Å². The number of para-hydroxylation sites is 1. The number of hydrogen-bond donors (Lipinski definition) is 0. The first-order chi connectivity index (χ1) is 6.34. The van der Waals surface area contributed by atoms with Crippen LogP contribution in [-0.2, 0) is 4.79 Å². The molecule has 0 fully saturated rings. The van der Waals surface area contributed by atoms with Crippen molar-refractivity contribution in [2.75, 3.05) is 6.61 Å². The van der Waals surface area contributed by atoms with Crippen molar-refractivity contribution in [3.63, 3.8) is 0 Å². The van der Waals surface area contributed by atoms with Gasteiger partial charge in [-0.25, -0.2) is 0 Å². The van der Waals surface area contributed by atoms with Gasteiger partial charge in [-0.2, -0.15) is 0 Å². The predicted molar refractivity (Wildman–Crippen MR) is 60.0 cm³/mol. The van der Waals surface area contributed by atoms with Crippen molar-refractivity contribution in [3.05, 3.63) is 27.8 Å². The molecule has 70 valence electrons. The topological polar surface area (TPSA) is 26.3 Å². The van der Waals surface area contributed by atoms with Gasteiger partial charge >= 0.3 is 0 Å². The van der Waals surface area contributed by atoms with Crippen LogP contribution in [0.3, 0.4) is 0 Å². The molecule has 13 heavy (non-hydrogen) atoms. The van der Waals surface area contributed by atoms with Crippen molar-refractivity contribution < 1.29 is 9.53 Å². The Balaban J connectivity index is 2.36. The Morgan fingerprint density at radius 3 is 2.85 bits per heavy atom. The van der Waals surface area contributed by atoms with Crippen molar-refractivity contribution >= 4 is 28.9 Å². The lowest BCUT2D eigenvalue weighted by atomic mass is 10.3. The van der Waals surface area contributed by atoms with E-state index in [-0.39, 0.29) is 0 Å². The number of benzene rings is 1. The van der Waals surface area contributed by atoms with E-state index >= 15 is 0 Å². The largest absolute Gasteiger partial charge is 0.492 e. The highest BCUT2D eigenvalue weighted by molar-refractivity contribution is 14.1. The monoisotopic (exact) mass is 290 g/mol. The SMILES string of the molecule is O=CCCCOc1ccccc1I. The van der Waals surface area contributed by atoms with Crippen LogP contribution in [-0.4, -0.2) is 12.9 Å². The Labute approximate surface area is 91.4 Å². The number of unbranched alkanes of at least 4 members (excludes halogenated alkanes) is 1. The van der Waals surface area contributed by atoms with Crippen LogP contribution in [0.1, 0.15) is 12.8 Å². The maximum Gasteiger partial charge on any atom is 0.132 e. The smallest absolute Gasteiger partial charge is 0.132 e. The zero-order valence-electron chi connectivity index (χ0n) is 7.20. The molecule has 1 rings (SSSR count). The van der Waals surface area contributed by atoms with Crippen molar-refractivity contribution in [1.82, 2.24) is 0 Å². The fraction of sp³-hybridized carbons (Fsp3) is 0.300.